The number of fused-ring (bicyclic) bond motifs is 1. The van der Waals surface area contributed by atoms with Gasteiger partial charge in [0, 0.05) is 41.6 Å². The number of nitrogens with one attached hydrogen (secondary N) is 1. The maximum absolute atomic E-state index is 3.40. The monoisotopic (exact) mass is 232 g/mol. The zero-order valence-electron chi connectivity index (χ0n) is 9.49. The molecule has 1 aromatic carbocycles. The Balaban J connectivity index is 2.09. The van der Waals surface area contributed by atoms with Crippen molar-refractivity contribution < 1.29 is 0 Å². The Morgan fingerprint density at radius 3 is 2.88 bits per heavy atom. The zero-order chi connectivity index (χ0) is 11.0. The van der Waals surface area contributed by atoms with Gasteiger partial charge in [-0.1, -0.05) is 12.1 Å². The third-order valence-electron chi connectivity index (χ3n) is 3.25. The van der Waals surface area contributed by atoms with E-state index >= 15 is 0 Å². The first-order chi connectivity index (χ1) is 7.86. The summed E-state index contributed by atoms with van der Waals surface area (Å²) in [4.78, 5) is 2.50. The number of aryl methyl sites for hydroxylation is 1. The summed E-state index contributed by atoms with van der Waals surface area (Å²) in [6, 6.07) is 6.58. The van der Waals surface area contributed by atoms with Gasteiger partial charge in [0.2, 0.25) is 0 Å². The summed E-state index contributed by atoms with van der Waals surface area (Å²) in [6.07, 6.45) is 0. The molecule has 0 radical (unpaired) electrons. The molecule has 0 bridgehead atoms. The minimum Gasteiger partial charge on any atom is -0.368 e. The number of rotatable bonds is 1. The maximum Gasteiger partial charge on any atom is 0.0558 e. The Morgan fingerprint density at radius 2 is 2.06 bits per heavy atom. The van der Waals surface area contributed by atoms with E-state index in [1.165, 1.54) is 21.3 Å². The van der Waals surface area contributed by atoms with Crippen LogP contribution in [0.15, 0.2) is 23.6 Å². The van der Waals surface area contributed by atoms with Gasteiger partial charge in [-0.15, -0.1) is 11.3 Å². The van der Waals surface area contributed by atoms with Crippen LogP contribution in [0.1, 0.15) is 5.56 Å². The third kappa shape index (κ3) is 1.60. The summed E-state index contributed by atoms with van der Waals surface area (Å²) in [5.74, 6) is 0. The summed E-state index contributed by atoms with van der Waals surface area (Å²) in [7, 11) is 0. The molecule has 0 saturated carbocycles. The molecule has 1 aliphatic heterocycles. The molecule has 0 spiro atoms. The molecule has 3 heteroatoms. The Labute approximate surface area is 99.9 Å². The van der Waals surface area contributed by atoms with Gasteiger partial charge in [-0.3, -0.25) is 0 Å². The second kappa shape index (κ2) is 4.07. The number of hydrogen-bond acceptors (Lipinski definition) is 3. The van der Waals surface area contributed by atoms with Gasteiger partial charge in [0.05, 0.1) is 5.69 Å². The number of nitrogens with zero attached hydrogens (tertiary/aromatic N) is 1. The lowest BCUT2D eigenvalue weighted by Crippen LogP contribution is -2.43. The summed E-state index contributed by atoms with van der Waals surface area (Å²) < 4.78 is 1.41. The third-order valence-corrected chi connectivity index (χ3v) is 4.18. The molecular weight excluding hydrogens is 216 g/mol. The highest BCUT2D eigenvalue weighted by molar-refractivity contribution is 7.17. The van der Waals surface area contributed by atoms with E-state index in [-0.39, 0.29) is 0 Å². The van der Waals surface area contributed by atoms with Gasteiger partial charge in [-0.2, -0.15) is 0 Å². The van der Waals surface area contributed by atoms with E-state index in [1.54, 1.807) is 0 Å². The van der Waals surface area contributed by atoms with Crippen LogP contribution in [0.2, 0.25) is 0 Å². The highest BCUT2D eigenvalue weighted by atomic mass is 32.1. The summed E-state index contributed by atoms with van der Waals surface area (Å²) in [6.45, 7) is 6.66. The van der Waals surface area contributed by atoms with Gasteiger partial charge in [0.25, 0.3) is 0 Å². The first-order valence-electron chi connectivity index (χ1n) is 5.79. The molecule has 0 aliphatic carbocycles. The second-order valence-corrected chi connectivity index (χ2v) is 5.22. The van der Waals surface area contributed by atoms with Crippen LogP contribution in [-0.4, -0.2) is 26.2 Å². The van der Waals surface area contributed by atoms with Crippen LogP contribution in [-0.2, 0) is 0 Å². The number of anilines is 1. The van der Waals surface area contributed by atoms with Crippen molar-refractivity contribution in [1.29, 1.82) is 0 Å². The number of piperazine rings is 1. The van der Waals surface area contributed by atoms with Crippen LogP contribution in [0.4, 0.5) is 5.69 Å². The molecule has 1 aliphatic rings. The Morgan fingerprint density at radius 1 is 1.25 bits per heavy atom. The Bertz CT molecular complexity index is 498. The maximum atomic E-state index is 3.40. The van der Waals surface area contributed by atoms with Crippen molar-refractivity contribution in [3.05, 3.63) is 29.1 Å². The molecule has 3 rings (SSSR count). The van der Waals surface area contributed by atoms with E-state index in [0.29, 0.717) is 0 Å². The molecular formula is C13H16N2S. The number of thiophene rings is 1. The van der Waals surface area contributed by atoms with Crippen LogP contribution in [0.25, 0.3) is 10.1 Å². The van der Waals surface area contributed by atoms with E-state index in [0.717, 1.165) is 26.2 Å². The van der Waals surface area contributed by atoms with Gasteiger partial charge in [-0.05, 0) is 18.6 Å². The smallest absolute Gasteiger partial charge is 0.0558 e. The normalized spacial score (nSPS) is 16.9. The summed E-state index contributed by atoms with van der Waals surface area (Å²) in [5, 5.41) is 7.16. The van der Waals surface area contributed by atoms with Crippen molar-refractivity contribution in [2.24, 2.45) is 0 Å². The van der Waals surface area contributed by atoms with Crippen molar-refractivity contribution in [2.45, 2.75) is 6.92 Å². The van der Waals surface area contributed by atoms with Crippen LogP contribution < -0.4 is 10.2 Å². The number of benzene rings is 1. The van der Waals surface area contributed by atoms with Crippen molar-refractivity contribution in [3.8, 4) is 0 Å². The summed E-state index contributed by atoms with van der Waals surface area (Å²) >= 11 is 1.86. The van der Waals surface area contributed by atoms with Gasteiger partial charge < -0.3 is 10.2 Å². The standard InChI is InChI=1S/C13H16N2S/c1-10-3-2-4-12-13(10)11(9-16-12)15-7-5-14-6-8-15/h2-4,9,14H,5-8H2,1H3. The van der Waals surface area contributed by atoms with E-state index < -0.39 is 0 Å². The lowest BCUT2D eigenvalue weighted by atomic mass is 10.1. The topological polar surface area (TPSA) is 15.3 Å². The van der Waals surface area contributed by atoms with Crippen LogP contribution in [0.5, 0.6) is 0 Å². The largest absolute Gasteiger partial charge is 0.368 e. The minimum atomic E-state index is 1.10. The van der Waals surface area contributed by atoms with E-state index in [4.69, 9.17) is 0 Å². The average molecular weight is 232 g/mol. The lowest BCUT2D eigenvalue weighted by Gasteiger charge is -2.29. The molecule has 84 valence electrons. The molecule has 0 amide bonds. The second-order valence-electron chi connectivity index (χ2n) is 4.31. The van der Waals surface area contributed by atoms with Gasteiger partial charge in [0.1, 0.15) is 0 Å². The fourth-order valence-electron chi connectivity index (χ4n) is 2.38. The molecule has 16 heavy (non-hydrogen) atoms. The van der Waals surface area contributed by atoms with Crippen LogP contribution in [0, 0.1) is 6.92 Å². The molecule has 1 N–H and O–H groups in total. The first-order valence-corrected chi connectivity index (χ1v) is 6.67. The Kier molecular flexibility index (Phi) is 2.58. The van der Waals surface area contributed by atoms with Gasteiger partial charge in [0.15, 0.2) is 0 Å². The summed E-state index contributed by atoms with van der Waals surface area (Å²) in [5.41, 5.74) is 2.83. The fourth-order valence-corrected chi connectivity index (χ4v) is 3.43. The predicted octanol–water partition coefficient (Wildman–Crippen LogP) is 2.62. The highest BCUT2D eigenvalue weighted by Crippen LogP contribution is 2.35. The van der Waals surface area contributed by atoms with Crippen molar-refractivity contribution >= 4 is 27.1 Å². The van der Waals surface area contributed by atoms with E-state index in [1.807, 2.05) is 11.3 Å². The van der Waals surface area contributed by atoms with Gasteiger partial charge in [-0.25, -0.2) is 0 Å². The number of hydrogen-bond donors (Lipinski definition) is 1. The molecule has 1 fully saturated rings. The Hall–Kier alpha value is -1.06. The van der Waals surface area contributed by atoms with Crippen molar-refractivity contribution in [1.82, 2.24) is 5.32 Å². The average Bonchev–Trinajstić information content (AvgIpc) is 2.75. The van der Waals surface area contributed by atoms with Crippen molar-refractivity contribution in [2.75, 3.05) is 31.1 Å². The molecule has 1 saturated heterocycles. The van der Waals surface area contributed by atoms with E-state index in [9.17, 15) is 0 Å². The molecule has 2 nitrogen and oxygen atoms in total. The molecule has 2 heterocycles. The minimum absolute atomic E-state index is 1.10. The molecule has 0 atom stereocenters. The fraction of sp³-hybridized carbons (Fsp3) is 0.385. The highest BCUT2D eigenvalue weighted by Gasteiger charge is 2.15. The van der Waals surface area contributed by atoms with E-state index in [2.05, 4.69) is 40.7 Å². The van der Waals surface area contributed by atoms with Crippen LogP contribution >= 0.6 is 11.3 Å². The quantitative estimate of drug-likeness (QED) is 0.813. The first kappa shape index (κ1) is 10.1. The predicted molar refractivity (Wildman–Crippen MR) is 71.6 cm³/mol. The molecule has 0 unspecified atom stereocenters. The molecule has 2 aromatic rings. The van der Waals surface area contributed by atoms with Crippen LogP contribution in [0.3, 0.4) is 0 Å². The lowest BCUT2D eigenvalue weighted by molar-refractivity contribution is 0.590. The van der Waals surface area contributed by atoms with Gasteiger partial charge >= 0.3 is 0 Å². The zero-order valence-corrected chi connectivity index (χ0v) is 10.3. The van der Waals surface area contributed by atoms with Crippen molar-refractivity contribution in [3.63, 3.8) is 0 Å². The molecule has 1 aromatic heterocycles. The SMILES string of the molecule is Cc1cccc2scc(N3CCNCC3)c12.